The molecule has 0 atom stereocenters. The Labute approximate surface area is 98.0 Å². The van der Waals surface area contributed by atoms with E-state index in [1.807, 2.05) is 0 Å². The number of ether oxygens (including phenoxy) is 3. The molecule has 9 nitrogen and oxygen atoms in total. The molecule has 0 aromatic heterocycles. The highest BCUT2D eigenvalue weighted by Gasteiger charge is 2.12. The van der Waals surface area contributed by atoms with Crippen molar-refractivity contribution in [3.8, 4) is 0 Å². The topological polar surface area (TPSA) is 143 Å². The summed E-state index contributed by atoms with van der Waals surface area (Å²) < 4.78 is 34.8. The first kappa shape index (κ1) is 17.2. The summed E-state index contributed by atoms with van der Waals surface area (Å²) in [6.45, 7) is 0.256. The third-order valence-corrected chi connectivity index (χ3v) is 2.30. The average molecular weight is 294 g/mol. The lowest BCUT2D eigenvalue weighted by molar-refractivity contribution is 0.0265. The number of hydrogen-bond acceptors (Lipinski definition) is 5. The Bertz CT molecular complexity index is 253. The van der Waals surface area contributed by atoms with Gasteiger partial charge in [0.1, 0.15) is 12.7 Å². The Morgan fingerprint density at radius 1 is 0.647 bits per heavy atom. The van der Waals surface area contributed by atoms with Crippen LogP contribution in [0, 0.1) is 0 Å². The summed E-state index contributed by atoms with van der Waals surface area (Å²) in [6, 6.07) is 0. The largest absolute Gasteiger partial charge is 0.377 e. The zero-order valence-corrected chi connectivity index (χ0v) is 10.8. The van der Waals surface area contributed by atoms with Crippen LogP contribution in [-0.2, 0) is 23.3 Å². The summed E-state index contributed by atoms with van der Waals surface area (Å²) in [4.78, 5) is 33.7. The Morgan fingerprint density at radius 3 is 1.24 bits per heavy atom. The fraction of sp³-hybridized carbons (Fsp3) is 1.00. The zero-order valence-electron chi connectivity index (χ0n) is 8.97. The maximum Gasteiger partial charge on any atom is 0.350 e. The molecule has 0 rings (SSSR count). The average Bonchev–Trinajstić information content (AvgIpc) is 2.11. The number of rotatable bonds is 10. The first-order chi connectivity index (χ1) is 7.71. The molecule has 0 spiro atoms. The standard InChI is InChI=1S/C6H16O9P2/c7-16(8,9)5-14-3-1-13-2-4-15-6-17(10,11)12/h1-6H2,(H2,7,8,9)(H2,10,11,12). The highest BCUT2D eigenvalue weighted by atomic mass is 31.2. The molecule has 0 fully saturated rings. The van der Waals surface area contributed by atoms with Gasteiger partial charge in [0.05, 0.1) is 26.4 Å². The second-order valence-corrected chi connectivity index (χ2v) is 6.19. The lowest BCUT2D eigenvalue weighted by Crippen LogP contribution is -2.10. The Hall–Kier alpha value is 0.180. The van der Waals surface area contributed by atoms with Crippen molar-refractivity contribution >= 4 is 15.2 Å². The van der Waals surface area contributed by atoms with Crippen molar-refractivity contribution in [3.63, 3.8) is 0 Å². The molecule has 11 heteroatoms. The fourth-order valence-electron chi connectivity index (χ4n) is 0.705. The van der Waals surface area contributed by atoms with Gasteiger partial charge in [-0.05, 0) is 0 Å². The van der Waals surface area contributed by atoms with Gasteiger partial charge in [-0.1, -0.05) is 0 Å². The molecule has 0 radical (unpaired) electrons. The monoisotopic (exact) mass is 294 g/mol. The predicted octanol–water partition coefficient (Wildman–Crippen LogP) is -0.693. The third-order valence-electron chi connectivity index (χ3n) is 1.26. The molecule has 0 aliphatic rings. The Balaban J connectivity index is 3.20. The van der Waals surface area contributed by atoms with Gasteiger partial charge in [0.15, 0.2) is 0 Å². The maximum atomic E-state index is 10.3. The van der Waals surface area contributed by atoms with Crippen molar-refractivity contribution in [1.29, 1.82) is 0 Å². The first-order valence-corrected chi connectivity index (χ1v) is 8.12. The van der Waals surface area contributed by atoms with E-state index in [2.05, 4.69) is 9.47 Å². The first-order valence-electron chi connectivity index (χ1n) is 4.53. The van der Waals surface area contributed by atoms with Crippen LogP contribution < -0.4 is 0 Å². The molecular formula is C6H16O9P2. The molecule has 0 aromatic rings. The quantitative estimate of drug-likeness (QED) is 0.304. The van der Waals surface area contributed by atoms with Gasteiger partial charge in [-0.3, -0.25) is 9.13 Å². The van der Waals surface area contributed by atoms with Crippen molar-refractivity contribution in [1.82, 2.24) is 0 Å². The van der Waals surface area contributed by atoms with Crippen molar-refractivity contribution in [2.75, 3.05) is 39.1 Å². The molecule has 0 unspecified atom stereocenters. The zero-order chi connectivity index (χ0) is 13.4. The minimum Gasteiger partial charge on any atom is -0.377 e. The van der Waals surface area contributed by atoms with Gasteiger partial charge >= 0.3 is 15.2 Å². The van der Waals surface area contributed by atoms with Gasteiger partial charge in [0, 0.05) is 0 Å². The van der Waals surface area contributed by atoms with Crippen molar-refractivity contribution < 1.29 is 42.9 Å². The van der Waals surface area contributed by atoms with Crippen LogP contribution in [-0.4, -0.2) is 58.7 Å². The SMILES string of the molecule is O=P(O)(O)COCCOCCOCP(=O)(O)O. The molecule has 4 N–H and O–H groups in total. The summed E-state index contributed by atoms with van der Waals surface area (Å²) in [5.41, 5.74) is 0. The van der Waals surface area contributed by atoms with Crippen molar-refractivity contribution in [3.05, 3.63) is 0 Å². The minimum atomic E-state index is -4.14. The molecule has 0 aromatic carbocycles. The molecule has 0 saturated heterocycles. The Morgan fingerprint density at radius 2 is 0.941 bits per heavy atom. The van der Waals surface area contributed by atoms with E-state index >= 15 is 0 Å². The molecule has 0 aliphatic heterocycles. The Kier molecular flexibility index (Phi) is 8.40. The molecule has 0 heterocycles. The van der Waals surface area contributed by atoms with Crippen LogP contribution >= 0.6 is 15.2 Å². The summed E-state index contributed by atoms with van der Waals surface area (Å²) in [6.07, 6.45) is -1.32. The van der Waals surface area contributed by atoms with Gasteiger partial charge in [0.2, 0.25) is 0 Å². The van der Waals surface area contributed by atoms with Crippen LogP contribution in [0.4, 0.5) is 0 Å². The van der Waals surface area contributed by atoms with E-state index in [9.17, 15) is 9.13 Å². The second-order valence-electron chi connectivity index (χ2n) is 3.02. The lowest BCUT2D eigenvalue weighted by atomic mass is 10.7. The molecular weight excluding hydrogens is 278 g/mol. The predicted molar refractivity (Wildman–Crippen MR) is 56.5 cm³/mol. The van der Waals surface area contributed by atoms with Crippen molar-refractivity contribution in [2.24, 2.45) is 0 Å². The van der Waals surface area contributed by atoms with Crippen LogP contribution in [0.3, 0.4) is 0 Å². The van der Waals surface area contributed by atoms with E-state index in [4.69, 9.17) is 24.3 Å². The smallest absolute Gasteiger partial charge is 0.350 e. The van der Waals surface area contributed by atoms with Crippen LogP contribution in [0.1, 0.15) is 0 Å². The van der Waals surface area contributed by atoms with E-state index in [0.717, 1.165) is 0 Å². The minimum absolute atomic E-state index is 0.0175. The van der Waals surface area contributed by atoms with Crippen LogP contribution in [0.5, 0.6) is 0 Å². The summed E-state index contributed by atoms with van der Waals surface area (Å²) >= 11 is 0. The van der Waals surface area contributed by atoms with Gasteiger partial charge in [0.25, 0.3) is 0 Å². The highest BCUT2D eigenvalue weighted by Crippen LogP contribution is 2.34. The van der Waals surface area contributed by atoms with E-state index in [1.165, 1.54) is 0 Å². The summed E-state index contributed by atoms with van der Waals surface area (Å²) in [5, 5.41) is 0. The summed E-state index contributed by atoms with van der Waals surface area (Å²) in [5.74, 6) is 0. The molecule has 0 bridgehead atoms. The van der Waals surface area contributed by atoms with Crippen LogP contribution in [0.15, 0.2) is 0 Å². The highest BCUT2D eigenvalue weighted by molar-refractivity contribution is 7.51. The van der Waals surface area contributed by atoms with E-state index in [-0.39, 0.29) is 26.4 Å². The lowest BCUT2D eigenvalue weighted by Gasteiger charge is -2.07. The molecule has 17 heavy (non-hydrogen) atoms. The fourth-order valence-corrected chi connectivity index (χ4v) is 1.44. The molecule has 0 aliphatic carbocycles. The molecule has 104 valence electrons. The van der Waals surface area contributed by atoms with Gasteiger partial charge in [-0.25, -0.2) is 0 Å². The van der Waals surface area contributed by atoms with E-state index < -0.39 is 27.9 Å². The van der Waals surface area contributed by atoms with Gasteiger partial charge in [-0.2, -0.15) is 0 Å². The third kappa shape index (κ3) is 16.2. The normalized spacial score (nSPS) is 12.9. The summed E-state index contributed by atoms with van der Waals surface area (Å²) in [7, 11) is -8.28. The van der Waals surface area contributed by atoms with Crippen molar-refractivity contribution in [2.45, 2.75) is 0 Å². The van der Waals surface area contributed by atoms with Crippen LogP contribution in [0.25, 0.3) is 0 Å². The maximum absolute atomic E-state index is 10.3. The van der Waals surface area contributed by atoms with E-state index in [0.29, 0.717) is 0 Å². The number of hydrogen-bond donors (Lipinski definition) is 4. The van der Waals surface area contributed by atoms with Gasteiger partial charge in [-0.15, -0.1) is 0 Å². The van der Waals surface area contributed by atoms with Gasteiger partial charge < -0.3 is 33.8 Å². The van der Waals surface area contributed by atoms with E-state index in [1.54, 1.807) is 0 Å². The second kappa shape index (κ2) is 8.31. The molecule has 0 amide bonds. The van der Waals surface area contributed by atoms with Crippen LogP contribution in [0.2, 0.25) is 0 Å². The molecule has 0 saturated carbocycles.